The summed E-state index contributed by atoms with van der Waals surface area (Å²) in [5.74, 6) is -0.176. The molecule has 2 heterocycles. The van der Waals surface area contributed by atoms with Gasteiger partial charge >= 0.3 is 5.97 Å². The molecular formula is C19H22N6O2. The van der Waals surface area contributed by atoms with Gasteiger partial charge in [0.1, 0.15) is 5.82 Å². The number of aromatic nitrogens is 3. The molecule has 5 N–H and O–H groups in total. The van der Waals surface area contributed by atoms with Crippen molar-refractivity contribution in [3.63, 3.8) is 0 Å². The minimum atomic E-state index is -0.945. The molecule has 140 valence electrons. The highest BCUT2D eigenvalue weighted by Gasteiger charge is 2.19. The van der Waals surface area contributed by atoms with Gasteiger partial charge in [-0.15, -0.1) is 5.10 Å². The number of hydrogen-bond acceptors (Lipinski definition) is 6. The second kappa shape index (κ2) is 7.24. The molecular weight excluding hydrogens is 344 g/mol. The molecule has 0 bridgehead atoms. The Bertz CT molecular complexity index is 944. The van der Waals surface area contributed by atoms with Crippen LogP contribution < -0.4 is 16.4 Å². The number of carboxylic acid groups (broad SMARTS) is 1. The number of rotatable bonds is 5. The third kappa shape index (κ3) is 3.85. The first-order valence-electron chi connectivity index (χ1n) is 9.05. The smallest absolute Gasteiger partial charge is 0.335 e. The number of carbonyl (C=O) groups is 1. The first-order valence-corrected chi connectivity index (χ1v) is 9.05. The van der Waals surface area contributed by atoms with Crippen LogP contribution in [-0.4, -0.2) is 37.8 Å². The molecule has 1 aromatic carbocycles. The fourth-order valence-electron chi connectivity index (χ4n) is 3.40. The third-order valence-corrected chi connectivity index (χ3v) is 4.89. The highest BCUT2D eigenvalue weighted by molar-refractivity contribution is 5.88. The van der Waals surface area contributed by atoms with Crippen LogP contribution in [0.5, 0.6) is 0 Å². The Kier molecular flexibility index (Phi) is 4.64. The van der Waals surface area contributed by atoms with Crippen LogP contribution >= 0.6 is 0 Å². The maximum absolute atomic E-state index is 11.0. The van der Waals surface area contributed by atoms with Gasteiger partial charge in [-0.1, -0.05) is 0 Å². The van der Waals surface area contributed by atoms with Crippen molar-refractivity contribution in [3.05, 3.63) is 48.3 Å². The molecule has 1 aliphatic carbocycles. The molecule has 4 rings (SSSR count). The highest BCUT2D eigenvalue weighted by atomic mass is 16.4. The summed E-state index contributed by atoms with van der Waals surface area (Å²) in [5.41, 5.74) is 8.52. The number of benzene rings is 1. The molecule has 0 saturated heterocycles. The number of nitrogens with two attached hydrogens (primary N) is 1. The van der Waals surface area contributed by atoms with Gasteiger partial charge < -0.3 is 21.5 Å². The topological polar surface area (TPSA) is 118 Å². The highest BCUT2D eigenvalue weighted by Crippen LogP contribution is 2.26. The summed E-state index contributed by atoms with van der Waals surface area (Å²) in [6.45, 7) is 0. The minimum Gasteiger partial charge on any atom is -0.478 e. The number of hydrogen-bond donors (Lipinski definition) is 4. The largest absolute Gasteiger partial charge is 0.478 e. The average Bonchev–Trinajstić information content (AvgIpc) is 3.13. The van der Waals surface area contributed by atoms with E-state index < -0.39 is 5.97 Å². The first-order chi connectivity index (χ1) is 13.1. The van der Waals surface area contributed by atoms with Crippen molar-refractivity contribution in [1.82, 2.24) is 14.6 Å². The second-order valence-corrected chi connectivity index (χ2v) is 6.90. The number of fused-ring (bicyclic) bond motifs is 1. The predicted octanol–water partition coefficient (Wildman–Crippen LogP) is 2.85. The van der Waals surface area contributed by atoms with Crippen molar-refractivity contribution in [3.8, 4) is 0 Å². The van der Waals surface area contributed by atoms with E-state index in [0.29, 0.717) is 17.7 Å². The summed E-state index contributed by atoms with van der Waals surface area (Å²) >= 11 is 0. The number of anilines is 3. The lowest BCUT2D eigenvalue weighted by molar-refractivity contribution is 0.0697. The van der Waals surface area contributed by atoms with Crippen molar-refractivity contribution in [2.45, 2.75) is 37.8 Å². The lowest BCUT2D eigenvalue weighted by Crippen LogP contribution is -2.33. The van der Waals surface area contributed by atoms with Crippen LogP contribution in [0.25, 0.3) is 5.65 Å². The molecule has 1 aliphatic rings. The van der Waals surface area contributed by atoms with Gasteiger partial charge in [-0.3, -0.25) is 0 Å². The Hall–Kier alpha value is -3.13. The van der Waals surface area contributed by atoms with Gasteiger partial charge in [0.25, 0.3) is 0 Å². The van der Waals surface area contributed by atoms with Crippen LogP contribution in [0.4, 0.5) is 17.2 Å². The number of nitrogens with one attached hydrogen (secondary N) is 2. The zero-order valence-electron chi connectivity index (χ0n) is 14.8. The molecule has 0 unspecified atom stereocenters. The molecule has 1 saturated carbocycles. The van der Waals surface area contributed by atoms with E-state index in [-0.39, 0.29) is 5.56 Å². The van der Waals surface area contributed by atoms with Crippen LogP contribution in [0.3, 0.4) is 0 Å². The zero-order valence-corrected chi connectivity index (χ0v) is 14.8. The third-order valence-electron chi connectivity index (χ3n) is 4.89. The monoisotopic (exact) mass is 366 g/mol. The first kappa shape index (κ1) is 17.3. The Labute approximate surface area is 156 Å². The summed E-state index contributed by atoms with van der Waals surface area (Å²) in [7, 11) is 0. The molecule has 1 fully saturated rings. The number of aromatic carboxylic acids is 1. The van der Waals surface area contributed by atoms with E-state index in [4.69, 9.17) is 10.8 Å². The van der Waals surface area contributed by atoms with Crippen molar-refractivity contribution < 1.29 is 9.90 Å². The van der Waals surface area contributed by atoms with Crippen LogP contribution in [0.1, 0.15) is 36.0 Å². The molecule has 0 spiro atoms. The predicted molar refractivity (Wildman–Crippen MR) is 104 cm³/mol. The van der Waals surface area contributed by atoms with Crippen LogP contribution in [0.15, 0.2) is 42.7 Å². The van der Waals surface area contributed by atoms with Gasteiger partial charge in [0.05, 0.1) is 11.3 Å². The van der Waals surface area contributed by atoms with Crippen molar-refractivity contribution in [1.29, 1.82) is 0 Å². The quantitative estimate of drug-likeness (QED) is 0.548. The molecule has 0 radical (unpaired) electrons. The molecule has 27 heavy (non-hydrogen) atoms. The van der Waals surface area contributed by atoms with E-state index in [1.165, 1.54) is 0 Å². The fraction of sp³-hybridized carbons (Fsp3) is 0.316. The Morgan fingerprint density at radius 1 is 1.19 bits per heavy atom. The van der Waals surface area contributed by atoms with Gasteiger partial charge in [0.2, 0.25) is 0 Å². The molecule has 0 amide bonds. The lowest BCUT2D eigenvalue weighted by atomic mass is 9.92. The van der Waals surface area contributed by atoms with E-state index in [0.717, 1.165) is 42.9 Å². The van der Waals surface area contributed by atoms with Gasteiger partial charge in [-0.25, -0.2) is 14.3 Å². The van der Waals surface area contributed by atoms with E-state index in [1.807, 2.05) is 6.07 Å². The number of imidazole rings is 1. The summed E-state index contributed by atoms with van der Waals surface area (Å²) in [5, 5.41) is 20.4. The second-order valence-electron chi connectivity index (χ2n) is 6.90. The molecule has 0 atom stereocenters. The van der Waals surface area contributed by atoms with Crippen molar-refractivity contribution in [2.24, 2.45) is 5.73 Å². The summed E-state index contributed by atoms with van der Waals surface area (Å²) < 4.78 is 1.73. The van der Waals surface area contributed by atoms with Gasteiger partial charge in [-0.05, 0) is 49.9 Å². The van der Waals surface area contributed by atoms with E-state index in [2.05, 4.69) is 20.7 Å². The van der Waals surface area contributed by atoms with Crippen molar-refractivity contribution >= 4 is 28.8 Å². The van der Waals surface area contributed by atoms with Crippen LogP contribution in [0.2, 0.25) is 0 Å². The Morgan fingerprint density at radius 2 is 1.93 bits per heavy atom. The fourth-order valence-corrected chi connectivity index (χ4v) is 3.40. The molecule has 3 aromatic rings. The Balaban J connectivity index is 1.57. The minimum absolute atomic E-state index is 0.249. The maximum Gasteiger partial charge on any atom is 0.335 e. The summed E-state index contributed by atoms with van der Waals surface area (Å²) in [6, 6.07) is 9.21. The average molecular weight is 366 g/mol. The molecule has 8 heteroatoms. The standard InChI is InChI=1S/C19H22N6O2/c20-13-3-7-15(8-4-13)23-17-11-16(18-21-9-10-25(18)24-17)22-14-5-1-12(2-6-14)19(26)27/h1-2,5-6,9-11,13,15,22H,3-4,7-8,20H2,(H,23,24)(H,26,27)/t13-,15-. The molecule has 2 aromatic heterocycles. The van der Waals surface area contributed by atoms with E-state index in [1.54, 1.807) is 41.2 Å². The van der Waals surface area contributed by atoms with Gasteiger partial charge in [0.15, 0.2) is 5.65 Å². The van der Waals surface area contributed by atoms with Crippen LogP contribution in [0, 0.1) is 0 Å². The number of nitrogens with zero attached hydrogens (tertiary/aromatic N) is 3. The molecule has 8 nitrogen and oxygen atoms in total. The molecule has 0 aliphatic heterocycles. The van der Waals surface area contributed by atoms with E-state index >= 15 is 0 Å². The van der Waals surface area contributed by atoms with Crippen molar-refractivity contribution in [2.75, 3.05) is 10.6 Å². The SMILES string of the molecule is N[C@H]1CC[C@H](Nc2cc(Nc3ccc(C(=O)O)cc3)c3nccn3n2)CC1. The summed E-state index contributed by atoms with van der Waals surface area (Å²) in [6.07, 6.45) is 7.60. The maximum atomic E-state index is 11.0. The Morgan fingerprint density at radius 3 is 2.63 bits per heavy atom. The lowest BCUT2D eigenvalue weighted by Gasteiger charge is -2.27. The zero-order chi connectivity index (χ0) is 18.8. The summed E-state index contributed by atoms with van der Waals surface area (Å²) in [4.78, 5) is 15.4. The number of carboxylic acids is 1. The van der Waals surface area contributed by atoms with Gasteiger partial charge in [-0.2, -0.15) is 0 Å². The van der Waals surface area contributed by atoms with Crippen LogP contribution in [-0.2, 0) is 0 Å². The normalized spacial score (nSPS) is 19.7. The van der Waals surface area contributed by atoms with Gasteiger partial charge in [0, 0.05) is 36.2 Å². The van der Waals surface area contributed by atoms with E-state index in [9.17, 15) is 4.79 Å².